The quantitative estimate of drug-likeness (QED) is 0.0582. The van der Waals surface area contributed by atoms with Crippen molar-refractivity contribution in [1.29, 1.82) is 0 Å². The summed E-state index contributed by atoms with van der Waals surface area (Å²) in [5.74, 6) is 1.23. The van der Waals surface area contributed by atoms with Gasteiger partial charge in [0, 0.05) is 16.3 Å². The first-order chi connectivity index (χ1) is 22.1. The van der Waals surface area contributed by atoms with E-state index in [-0.39, 0.29) is 18.8 Å². The summed E-state index contributed by atoms with van der Waals surface area (Å²) in [5, 5.41) is 20.6. The van der Waals surface area contributed by atoms with E-state index >= 15 is 0 Å². The van der Waals surface area contributed by atoms with E-state index in [1.54, 1.807) is 38.3 Å². The predicted octanol–water partition coefficient (Wildman–Crippen LogP) is 5.05. The van der Waals surface area contributed by atoms with Crippen LogP contribution in [0.2, 0.25) is 5.02 Å². The summed E-state index contributed by atoms with van der Waals surface area (Å²) < 4.78 is 28.8. The number of halogens is 2. The molecule has 4 rings (SSSR count). The van der Waals surface area contributed by atoms with Crippen LogP contribution in [0.5, 0.6) is 23.0 Å². The van der Waals surface area contributed by atoms with Gasteiger partial charge >= 0.3 is 12.0 Å². The summed E-state index contributed by atoms with van der Waals surface area (Å²) in [6.07, 6.45) is 0.373. The van der Waals surface area contributed by atoms with Crippen molar-refractivity contribution in [2.24, 2.45) is 5.10 Å². The van der Waals surface area contributed by atoms with Crippen molar-refractivity contribution in [1.82, 2.24) is 16.1 Å². The van der Waals surface area contributed by atoms with Crippen molar-refractivity contribution in [3.05, 3.63) is 91.2 Å². The maximum absolute atomic E-state index is 12.5. The molecule has 4 N–H and O–H groups in total. The molecule has 0 aliphatic carbocycles. The van der Waals surface area contributed by atoms with Crippen LogP contribution in [-0.4, -0.2) is 57.0 Å². The van der Waals surface area contributed by atoms with Gasteiger partial charge < -0.3 is 39.4 Å². The van der Waals surface area contributed by atoms with Crippen LogP contribution in [0.1, 0.15) is 36.6 Å². The number of urea groups is 1. The SMILES string of the molecule is CCOc1cc([C@@H]2NC(=O)NC(C)=C2C(=O)OC)ccc1OC[C@@H](O)N/N=C\c1cc(I)c(OCc2ccccc2Cl)c(OC)c1. The van der Waals surface area contributed by atoms with Crippen LogP contribution >= 0.6 is 34.2 Å². The first-order valence-corrected chi connectivity index (χ1v) is 15.6. The molecule has 1 aliphatic heterocycles. The summed E-state index contributed by atoms with van der Waals surface area (Å²) in [6.45, 7) is 3.88. The van der Waals surface area contributed by atoms with E-state index in [1.807, 2.05) is 37.3 Å². The first kappa shape index (κ1) is 34.7. The lowest BCUT2D eigenvalue weighted by atomic mass is 9.95. The molecule has 1 heterocycles. The van der Waals surface area contributed by atoms with Crippen LogP contribution in [0, 0.1) is 3.57 Å². The Balaban J connectivity index is 1.39. The monoisotopic (exact) mass is 764 g/mol. The fourth-order valence-corrected chi connectivity index (χ4v) is 5.51. The number of amides is 2. The Kier molecular flexibility index (Phi) is 12.3. The number of methoxy groups -OCH3 is 2. The van der Waals surface area contributed by atoms with Crippen molar-refractivity contribution in [2.75, 3.05) is 27.4 Å². The second-order valence-electron chi connectivity index (χ2n) is 9.83. The van der Waals surface area contributed by atoms with E-state index in [9.17, 15) is 14.7 Å². The van der Waals surface area contributed by atoms with Gasteiger partial charge in [0.1, 0.15) is 13.2 Å². The number of benzene rings is 3. The van der Waals surface area contributed by atoms with Crippen molar-refractivity contribution >= 4 is 52.4 Å². The molecular formula is C32H34ClIN4O8. The number of esters is 1. The number of allylic oxidation sites excluding steroid dienone is 1. The number of hydrazone groups is 1. The molecule has 0 unspecified atom stereocenters. The van der Waals surface area contributed by atoms with Gasteiger partial charge in [0.15, 0.2) is 29.2 Å². The van der Waals surface area contributed by atoms with Gasteiger partial charge in [0.2, 0.25) is 0 Å². The fraction of sp³-hybridized carbons (Fsp3) is 0.281. The minimum atomic E-state index is -1.16. The average molecular weight is 765 g/mol. The van der Waals surface area contributed by atoms with Gasteiger partial charge in [-0.2, -0.15) is 5.10 Å². The highest BCUT2D eigenvalue weighted by atomic mass is 127. The second-order valence-corrected chi connectivity index (χ2v) is 11.4. The van der Waals surface area contributed by atoms with Crippen molar-refractivity contribution in [3.8, 4) is 23.0 Å². The number of hydrogen-bond acceptors (Lipinski definition) is 10. The van der Waals surface area contributed by atoms with Gasteiger partial charge in [-0.25, -0.2) is 9.59 Å². The number of nitrogens with zero attached hydrogens (tertiary/aromatic N) is 1. The third-order valence-corrected chi connectivity index (χ3v) is 7.86. The Morgan fingerprint density at radius 1 is 1.11 bits per heavy atom. The van der Waals surface area contributed by atoms with E-state index in [2.05, 4.69) is 43.8 Å². The number of ether oxygens (including phenoxy) is 5. The van der Waals surface area contributed by atoms with E-state index in [1.165, 1.54) is 13.3 Å². The lowest BCUT2D eigenvalue weighted by molar-refractivity contribution is -0.136. The van der Waals surface area contributed by atoms with E-state index < -0.39 is 24.3 Å². The first-order valence-electron chi connectivity index (χ1n) is 14.1. The van der Waals surface area contributed by atoms with Crippen LogP contribution in [0.15, 0.2) is 71.0 Å². The molecule has 12 nitrogen and oxygen atoms in total. The molecular weight excluding hydrogens is 731 g/mol. The Morgan fingerprint density at radius 3 is 2.61 bits per heavy atom. The molecule has 0 saturated heterocycles. The van der Waals surface area contributed by atoms with E-state index in [0.717, 1.165) is 9.13 Å². The highest BCUT2D eigenvalue weighted by Gasteiger charge is 2.32. The van der Waals surface area contributed by atoms with Crippen molar-refractivity contribution < 1.29 is 38.4 Å². The molecule has 0 spiro atoms. The third kappa shape index (κ3) is 8.73. The molecule has 0 saturated carbocycles. The highest BCUT2D eigenvalue weighted by molar-refractivity contribution is 14.1. The Labute approximate surface area is 285 Å². The summed E-state index contributed by atoms with van der Waals surface area (Å²) >= 11 is 8.41. The molecule has 0 aromatic heterocycles. The molecule has 1 aliphatic rings. The summed E-state index contributed by atoms with van der Waals surface area (Å²) in [7, 11) is 2.82. The average Bonchev–Trinajstić information content (AvgIpc) is 3.03. The lowest BCUT2D eigenvalue weighted by Crippen LogP contribution is -2.45. The number of carbonyl (C=O) groups excluding carboxylic acids is 2. The summed E-state index contributed by atoms with van der Waals surface area (Å²) in [6, 6.07) is 14.9. The number of carbonyl (C=O) groups is 2. The van der Waals surface area contributed by atoms with Gasteiger partial charge in [-0.3, -0.25) is 5.43 Å². The molecule has 2 atom stereocenters. The molecule has 3 aromatic carbocycles. The van der Waals surface area contributed by atoms with Gasteiger partial charge in [0.05, 0.1) is 42.2 Å². The van der Waals surface area contributed by atoms with Crippen LogP contribution in [-0.2, 0) is 16.1 Å². The molecule has 0 fully saturated rings. The standard InChI is InChI=1S/C32H34ClIN4O8/c1-5-44-25-14-20(29-28(31(40)43-4)18(2)36-32(41)37-29)10-11-24(25)45-17-27(39)38-35-15-19-12-23(34)30(26(13-19)42-3)46-16-21-8-6-7-9-22(21)33/h6-15,27,29,38-39H,5,16-17H2,1-4H3,(H2,36,37,41)/b35-15-/t27-,29+/m1/s1. The highest BCUT2D eigenvalue weighted by Crippen LogP contribution is 2.36. The van der Waals surface area contributed by atoms with Crippen LogP contribution < -0.4 is 35.0 Å². The van der Waals surface area contributed by atoms with Gasteiger partial charge in [-0.05, 0) is 77.9 Å². The van der Waals surface area contributed by atoms with Crippen LogP contribution in [0.4, 0.5) is 4.79 Å². The third-order valence-electron chi connectivity index (χ3n) is 6.69. The van der Waals surface area contributed by atoms with E-state index in [4.69, 9.17) is 35.3 Å². The largest absolute Gasteiger partial charge is 0.493 e. The summed E-state index contributed by atoms with van der Waals surface area (Å²) in [4.78, 5) is 24.6. The van der Waals surface area contributed by atoms with Crippen molar-refractivity contribution in [3.63, 3.8) is 0 Å². The topological polar surface area (TPSA) is 149 Å². The number of aliphatic hydroxyl groups is 1. The maximum atomic E-state index is 12.5. The molecule has 14 heteroatoms. The number of hydrogen-bond donors (Lipinski definition) is 4. The number of nitrogens with one attached hydrogen (secondary N) is 3. The Morgan fingerprint density at radius 2 is 1.89 bits per heavy atom. The second kappa shape index (κ2) is 16.4. The van der Waals surface area contributed by atoms with Gasteiger partial charge in [-0.1, -0.05) is 35.9 Å². The maximum Gasteiger partial charge on any atom is 0.337 e. The van der Waals surface area contributed by atoms with Gasteiger partial charge in [0.25, 0.3) is 0 Å². The Bertz CT molecular complexity index is 1630. The molecule has 2 amide bonds. The van der Waals surface area contributed by atoms with Gasteiger partial charge in [-0.15, -0.1) is 0 Å². The minimum Gasteiger partial charge on any atom is -0.493 e. The number of aliphatic hydroxyl groups excluding tert-OH is 1. The fourth-order valence-electron chi connectivity index (χ4n) is 4.54. The lowest BCUT2D eigenvalue weighted by Gasteiger charge is -2.28. The minimum absolute atomic E-state index is 0.164. The zero-order valence-electron chi connectivity index (χ0n) is 25.6. The molecule has 244 valence electrons. The van der Waals surface area contributed by atoms with Crippen molar-refractivity contribution in [2.45, 2.75) is 32.7 Å². The Hall–Kier alpha value is -4.21. The zero-order chi connectivity index (χ0) is 33.2. The molecule has 0 bridgehead atoms. The predicted molar refractivity (Wildman–Crippen MR) is 180 cm³/mol. The zero-order valence-corrected chi connectivity index (χ0v) is 28.5. The molecule has 0 radical (unpaired) electrons. The molecule has 46 heavy (non-hydrogen) atoms. The normalized spacial score (nSPS) is 15.1. The molecule has 3 aromatic rings. The number of rotatable bonds is 14. The van der Waals surface area contributed by atoms with Crippen LogP contribution in [0.25, 0.3) is 0 Å². The van der Waals surface area contributed by atoms with Crippen LogP contribution in [0.3, 0.4) is 0 Å². The summed E-state index contributed by atoms with van der Waals surface area (Å²) in [5.41, 5.74) is 5.43. The smallest absolute Gasteiger partial charge is 0.337 e. The van der Waals surface area contributed by atoms with E-state index in [0.29, 0.717) is 51.5 Å².